The zero-order chi connectivity index (χ0) is 13.8. The van der Waals surface area contributed by atoms with Gasteiger partial charge in [0.2, 0.25) is 5.89 Å². The van der Waals surface area contributed by atoms with Crippen LogP contribution in [0.1, 0.15) is 69.5 Å². The third-order valence-corrected chi connectivity index (χ3v) is 4.61. The molecule has 1 saturated heterocycles. The van der Waals surface area contributed by atoms with Gasteiger partial charge in [0.15, 0.2) is 5.82 Å². The minimum atomic E-state index is -0.360. The van der Waals surface area contributed by atoms with Crippen LogP contribution in [0.4, 0.5) is 0 Å². The molecule has 112 valence electrons. The number of nitrogens with zero attached hydrogens (tertiary/aromatic N) is 2. The molecule has 1 aliphatic heterocycles. The van der Waals surface area contributed by atoms with E-state index in [1.165, 1.54) is 19.3 Å². The molecule has 5 heteroatoms. The van der Waals surface area contributed by atoms with Crippen LogP contribution in [0, 0.1) is 0 Å². The molecule has 1 atom stereocenters. The maximum Gasteiger partial charge on any atom is 0.226 e. The van der Waals surface area contributed by atoms with E-state index < -0.39 is 0 Å². The van der Waals surface area contributed by atoms with Crippen molar-refractivity contribution in [1.29, 1.82) is 0 Å². The molecular weight excluding hydrogens is 254 g/mol. The third kappa shape index (κ3) is 3.20. The van der Waals surface area contributed by atoms with Gasteiger partial charge in [-0.3, -0.25) is 0 Å². The lowest BCUT2D eigenvalue weighted by Gasteiger charge is -2.29. The summed E-state index contributed by atoms with van der Waals surface area (Å²) in [5.41, 5.74) is 6.06. The van der Waals surface area contributed by atoms with Crippen molar-refractivity contribution in [2.45, 2.75) is 75.9 Å². The number of hydrogen-bond donors (Lipinski definition) is 1. The SMILES string of the molecule is NC1(c2noc(CCC3CCCCO3)n2)CCCCC1. The van der Waals surface area contributed by atoms with Gasteiger partial charge in [-0.15, -0.1) is 0 Å². The van der Waals surface area contributed by atoms with Crippen molar-refractivity contribution in [1.82, 2.24) is 10.1 Å². The molecule has 0 spiro atoms. The van der Waals surface area contributed by atoms with Crippen LogP contribution in [-0.4, -0.2) is 22.9 Å². The second-order valence-electron chi connectivity index (χ2n) is 6.26. The molecule has 2 aliphatic rings. The number of rotatable bonds is 4. The molecule has 20 heavy (non-hydrogen) atoms. The van der Waals surface area contributed by atoms with Crippen LogP contribution in [0.15, 0.2) is 4.52 Å². The Balaban J connectivity index is 1.56. The second kappa shape index (κ2) is 6.22. The Morgan fingerprint density at radius 2 is 2.00 bits per heavy atom. The van der Waals surface area contributed by atoms with E-state index in [0.717, 1.165) is 51.6 Å². The van der Waals surface area contributed by atoms with Crippen LogP contribution < -0.4 is 5.73 Å². The fourth-order valence-corrected chi connectivity index (χ4v) is 3.28. The highest BCUT2D eigenvalue weighted by Crippen LogP contribution is 2.33. The van der Waals surface area contributed by atoms with Crippen LogP contribution >= 0.6 is 0 Å². The van der Waals surface area contributed by atoms with Crippen molar-refractivity contribution >= 4 is 0 Å². The van der Waals surface area contributed by atoms with E-state index in [9.17, 15) is 0 Å². The number of aromatic nitrogens is 2. The minimum Gasteiger partial charge on any atom is -0.378 e. The Morgan fingerprint density at radius 3 is 2.75 bits per heavy atom. The van der Waals surface area contributed by atoms with Gasteiger partial charge in [0.1, 0.15) is 0 Å². The van der Waals surface area contributed by atoms with Crippen molar-refractivity contribution in [3.05, 3.63) is 11.7 Å². The molecule has 2 heterocycles. The molecule has 0 radical (unpaired) electrons. The van der Waals surface area contributed by atoms with Crippen LogP contribution in [0.5, 0.6) is 0 Å². The average Bonchev–Trinajstić information content (AvgIpc) is 2.97. The molecule has 3 rings (SSSR count). The van der Waals surface area contributed by atoms with E-state index in [4.69, 9.17) is 15.0 Å². The third-order valence-electron chi connectivity index (χ3n) is 4.61. The molecule has 1 unspecified atom stereocenters. The van der Waals surface area contributed by atoms with Gasteiger partial charge in [0, 0.05) is 13.0 Å². The summed E-state index contributed by atoms with van der Waals surface area (Å²) in [4.78, 5) is 4.53. The van der Waals surface area contributed by atoms with E-state index in [2.05, 4.69) is 10.1 Å². The first-order valence-corrected chi connectivity index (χ1v) is 8.00. The zero-order valence-electron chi connectivity index (χ0n) is 12.1. The van der Waals surface area contributed by atoms with Crippen LogP contribution in [0.3, 0.4) is 0 Å². The summed E-state index contributed by atoms with van der Waals surface area (Å²) >= 11 is 0. The van der Waals surface area contributed by atoms with E-state index >= 15 is 0 Å². The molecule has 1 aromatic heterocycles. The molecule has 1 saturated carbocycles. The van der Waals surface area contributed by atoms with E-state index in [-0.39, 0.29) is 5.54 Å². The smallest absolute Gasteiger partial charge is 0.226 e. The maximum absolute atomic E-state index is 6.42. The summed E-state index contributed by atoms with van der Waals surface area (Å²) in [5.74, 6) is 1.42. The minimum absolute atomic E-state index is 0.360. The van der Waals surface area contributed by atoms with Gasteiger partial charge in [-0.25, -0.2) is 0 Å². The summed E-state index contributed by atoms with van der Waals surface area (Å²) in [7, 11) is 0. The van der Waals surface area contributed by atoms with Crippen LogP contribution in [0.2, 0.25) is 0 Å². The first-order chi connectivity index (χ1) is 9.76. The van der Waals surface area contributed by atoms with Crippen molar-refractivity contribution in [3.63, 3.8) is 0 Å². The normalized spacial score (nSPS) is 26.6. The van der Waals surface area contributed by atoms with E-state index in [1.54, 1.807) is 0 Å². The lowest BCUT2D eigenvalue weighted by Crippen LogP contribution is -2.39. The van der Waals surface area contributed by atoms with Crippen molar-refractivity contribution in [2.24, 2.45) is 5.73 Å². The Hall–Kier alpha value is -0.940. The predicted molar refractivity (Wildman–Crippen MR) is 75.2 cm³/mol. The highest BCUT2D eigenvalue weighted by Gasteiger charge is 2.34. The first kappa shape index (κ1) is 14.0. The first-order valence-electron chi connectivity index (χ1n) is 8.00. The van der Waals surface area contributed by atoms with Crippen LogP contribution in [-0.2, 0) is 16.7 Å². The number of aryl methyl sites for hydroxylation is 1. The van der Waals surface area contributed by atoms with Gasteiger partial charge in [0.25, 0.3) is 0 Å². The van der Waals surface area contributed by atoms with Gasteiger partial charge in [-0.05, 0) is 38.5 Å². The summed E-state index contributed by atoms with van der Waals surface area (Å²) in [6.07, 6.45) is 11.3. The number of ether oxygens (including phenoxy) is 1. The summed E-state index contributed by atoms with van der Waals surface area (Å²) in [5, 5.41) is 4.12. The molecule has 2 fully saturated rings. The van der Waals surface area contributed by atoms with E-state index in [0.29, 0.717) is 17.8 Å². The Kier molecular flexibility index (Phi) is 4.36. The van der Waals surface area contributed by atoms with Gasteiger partial charge >= 0.3 is 0 Å². The lowest BCUT2D eigenvalue weighted by molar-refractivity contribution is 0.0104. The predicted octanol–water partition coefficient (Wildman–Crippen LogP) is 2.69. The molecule has 0 aromatic carbocycles. The van der Waals surface area contributed by atoms with Crippen molar-refractivity contribution < 1.29 is 9.26 Å². The largest absolute Gasteiger partial charge is 0.378 e. The zero-order valence-corrected chi connectivity index (χ0v) is 12.1. The molecule has 2 N–H and O–H groups in total. The number of hydrogen-bond acceptors (Lipinski definition) is 5. The fourth-order valence-electron chi connectivity index (χ4n) is 3.28. The average molecular weight is 279 g/mol. The van der Waals surface area contributed by atoms with Crippen molar-refractivity contribution in [2.75, 3.05) is 6.61 Å². The molecule has 1 aromatic rings. The van der Waals surface area contributed by atoms with Gasteiger partial charge in [-0.2, -0.15) is 4.98 Å². The molecular formula is C15H25N3O2. The van der Waals surface area contributed by atoms with Gasteiger partial charge in [-0.1, -0.05) is 24.4 Å². The summed E-state index contributed by atoms with van der Waals surface area (Å²) in [6.45, 7) is 0.895. The Labute approximate surface area is 120 Å². The van der Waals surface area contributed by atoms with Gasteiger partial charge in [0.05, 0.1) is 11.6 Å². The topological polar surface area (TPSA) is 74.2 Å². The monoisotopic (exact) mass is 279 g/mol. The standard InChI is InChI=1S/C15H25N3O2/c16-15(9-3-1-4-10-15)14-17-13(20-18-14)8-7-12-6-2-5-11-19-12/h12H,1-11,16H2. The molecule has 5 nitrogen and oxygen atoms in total. The Bertz CT molecular complexity index is 421. The Morgan fingerprint density at radius 1 is 1.15 bits per heavy atom. The highest BCUT2D eigenvalue weighted by atomic mass is 16.5. The summed E-state index contributed by atoms with van der Waals surface area (Å²) < 4.78 is 11.1. The van der Waals surface area contributed by atoms with Crippen molar-refractivity contribution in [3.8, 4) is 0 Å². The highest BCUT2D eigenvalue weighted by molar-refractivity contribution is 5.05. The molecule has 1 aliphatic carbocycles. The van der Waals surface area contributed by atoms with Crippen LogP contribution in [0.25, 0.3) is 0 Å². The second-order valence-corrected chi connectivity index (χ2v) is 6.26. The molecule has 0 bridgehead atoms. The van der Waals surface area contributed by atoms with E-state index in [1.807, 2.05) is 0 Å². The fraction of sp³-hybridized carbons (Fsp3) is 0.867. The maximum atomic E-state index is 6.42. The summed E-state index contributed by atoms with van der Waals surface area (Å²) in [6, 6.07) is 0. The quantitative estimate of drug-likeness (QED) is 0.917. The number of nitrogens with two attached hydrogens (primary N) is 1. The molecule has 0 amide bonds. The van der Waals surface area contributed by atoms with Gasteiger partial charge < -0.3 is 15.0 Å². The lowest BCUT2D eigenvalue weighted by atomic mass is 9.82.